The number of rotatable bonds is 7. The number of benzene rings is 3. The van der Waals surface area contributed by atoms with Gasteiger partial charge in [0.25, 0.3) is 0 Å². The molecule has 0 aliphatic carbocycles. The van der Waals surface area contributed by atoms with Gasteiger partial charge in [-0.15, -0.1) is 11.3 Å². The van der Waals surface area contributed by atoms with E-state index in [-0.39, 0.29) is 18.1 Å². The van der Waals surface area contributed by atoms with E-state index in [1.165, 1.54) is 25.5 Å². The summed E-state index contributed by atoms with van der Waals surface area (Å²) in [5.41, 5.74) is 22.4. The number of para-hydroxylation sites is 2. The number of thiophene rings is 1. The van der Waals surface area contributed by atoms with E-state index < -0.39 is 46.2 Å². The molecule has 316 valence electrons. The smallest absolute Gasteiger partial charge is 0.339 e. The normalized spacial score (nSPS) is 11.7. The number of amides is 8. The summed E-state index contributed by atoms with van der Waals surface area (Å²) in [6.45, 7) is 4.63. The molecule has 3 aromatic carbocycles. The average molecular weight is 855 g/mol. The lowest BCUT2D eigenvalue weighted by Gasteiger charge is -2.21. The fraction of sp³-hybridized carbons (Fsp3) is 0.216. The van der Waals surface area contributed by atoms with Gasteiger partial charge in [0, 0.05) is 29.4 Å². The molecule has 0 fully saturated rings. The van der Waals surface area contributed by atoms with Gasteiger partial charge in [0.15, 0.2) is 0 Å². The summed E-state index contributed by atoms with van der Waals surface area (Å²) < 4.78 is 27.6. The zero-order valence-electron chi connectivity index (χ0n) is 32.6. The first kappa shape index (κ1) is 46.7. The zero-order chi connectivity index (χ0) is 44.4. The maximum absolute atomic E-state index is 12.0. The molecule has 8 amide bonds. The lowest BCUT2D eigenvalue weighted by Crippen LogP contribution is -2.36. The van der Waals surface area contributed by atoms with Gasteiger partial charge in [-0.2, -0.15) is 10.1 Å². The molecule has 0 saturated heterocycles. The van der Waals surface area contributed by atoms with Crippen molar-refractivity contribution in [3.63, 3.8) is 0 Å². The predicted molar refractivity (Wildman–Crippen MR) is 221 cm³/mol. The van der Waals surface area contributed by atoms with Crippen LogP contribution in [0.4, 0.5) is 19.2 Å². The molecule has 2 atom stereocenters. The maximum atomic E-state index is 12.0. The highest BCUT2D eigenvalue weighted by Crippen LogP contribution is 2.29. The number of hydrogen-bond acceptors (Lipinski definition) is 11. The SMILES string of the molecule is CC(=O)n1c(C(C)N(O)C(N)=O)cc2ccccc21.CC(c1cc2ccccc2n1S(C)(=O)=O)N(O)C(N)=O.CNC(N)=O.NC(=O)N(O)Cc1cccc2ccsc12. The summed E-state index contributed by atoms with van der Waals surface area (Å²) in [5.74, 6) is -0.194. The predicted octanol–water partition coefficient (Wildman–Crippen LogP) is 4.87. The van der Waals surface area contributed by atoms with E-state index in [1.807, 2.05) is 47.8 Å². The molecule has 0 bridgehead atoms. The summed E-state index contributed by atoms with van der Waals surface area (Å²) in [5, 5.41) is 36.5. The molecule has 6 aromatic rings. The highest BCUT2D eigenvalue weighted by atomic mass is 32.2. The molecule has 0 spiro atoms. The molecule has 0 saturated carbocycles. The number of nitrogens with zero attached hydrogens (tertiary/aromatic N) is 5. The van der Waals surface area contributed by atoms with Crippen LogP contribution in [-0.4, -0.2) is 91.1 Å². The van der Waals surface area contributed by atoms with Crippen molar-refractivity contribution in [1.29, 1.82) is 0 Å². The largest absolute Gasteiger partial charge is 0.352 e. The molecular formula is C37H46N10O10S2. The number of hydroxylamine groups is 6. The molecule has 3 aromatic heterocycles. The van der Waals surface area contributed by atoms with Crippen molar-refractivity contribution in [3.8, 4) is 0 Å². The minimum absolute atomic E-state index is 0.118. The van der Waals surface area contributed by atoms with Crippen molar-refractivity contribution < 1.29 is 48.0 Å². The van der Waals surface area contributed by atoms with E-state index in [0.717, 1.165) is 36.8 Å². The molecule has 0 aliphatic rings. The van der Waals surface area contributed by atoms with Gasteiger partial charge in [-0.3, -0.25) is 25.0 Å². The number of fused-ring (bicyclic) bond motifs is 3. The van der Waals surface area contributed by atoms with Crippen LogP contribution in [0.25, 0.3) is 31.9 Å². The van der Waals surface area contributed by atoms with Crippen LogP contribution in [0.3, 0.4) is 0 Å². The number of carbonyl (C=O) groups is 5. The Kier molecular flexibility index (Phi) is 15.9. The van der Waals surface area contributed by atoms with Crippen LogP contribution in [0.1, 0.15) is 54.6 Å². The number of nitrogens with two attached hydrogens (primary N) is 4. The summed E-state index contributed by atoms with van der Waals surface area (Å²) >= 11 is 1.58. The van der Waals surface area contributed by atoms with Crippen LogP contribution in [-0.2, 0) is 16.6 Å². The molecule has 59 heavy (non-hydrogen) atoms. The summed E-state index contributed by atoms with van der Waals surface area (Å²) in [7, 11) is -2.12. The van der Waals surface area contributed by atoms with Crippen molar-refractivity contribution in [2.75, 3.05) is 13.3 Å². The topological polar surface area (TPSA) is 316 Å². The first-order chi connectivity index (χ1) is 27.6. The Balaban J connectivity index is 0.000000225. The second kappa shape index (κ2) is 20.1. The van der Waals surface area contributed by atoms with Gasteiger partial charge in [0.2, 0.25) is 15.9 Å². The van der Waals surface area contributed by atoms with Gasteiger partial charge < -0.3 is 28.3 Å². The second-order valence-corrected chi connectivity index (χ2v) is 15.4. The van der Waals surface area contributed by atoms with E-state index in [4.69, 9.17) is 17.2 Å². The maximum Gasteiger partial charge on any atom is 0.339 e. The minimum atomic E-state index is -3.59. The Morgan fingerprint density at radius 1 is 0.729 bits per heavy atom. The van der Waals surface area contributed by atoms with Crippen LogP contribution in [0.5, 0.6) is 0 Å². The van der Waals surface area contributed by atoms with Crippen molar-refractivity contribution in [2.45, 2.75) is 39.4 Å². The molecule has 3 heterocycles. The molecule has 6 rings (SSSR count). The van der Waals surface area contributed by atoms with E-state index in [2.05, 4.69) is 11.1 Å². The Hall–Kier alpha value is -6.72. The molecule has 20 nitrogen and oxygen atoms in total. The van der Waals surface area contributed by atoms with E-state index in [1.54, 1.807) is 60.7 Å². The van der Waals surface area contributed by atoms with Crippen LogP contribution in [0.15, 0.2) is 90.3 Å². The number of primary amides is 4. The highest BCUT2D eigenvalue weighted by molar-refractivity contribution is 7.89. The summed E-state index contributed by atoms with van der Waals surface area (Å²) in [6, 6.07) is 20.4. The molecule has 22 heteroatoms. The number of aromatic nitrogens is 2. The van der Waals surface area contributed by atoms with E-state index in [0.29, 0.717) is 31.8 Å². The lowest BCUT2D eigenvalue weighted by atomic mass is 10.1. The fourth-order valence-electron chi connectivity index (χ4n) is 5.70. The summed E-state index contributed by atoms with van der Waals surface area (Å²) in [6.07, 6.45) is 1.06. The number of carbonyl (C=O) groups excluding carboxylic acids is 5. The Bertz CT molecular complexity index is 2570. The Labute approximate surface area is 342 Å². The van der Waals surface area contributed by atoms with Crippen LogP contribution < -0.4 is 28.3 Å². The number of urea groups is 4. The van der Waals surface area contributed by atoms with Gasteiger partial charge in [-0.05, 0) is 60.5 Å². The van der Waals surface area contributed by atoms with Crippen molar-refractivity contribution in [1.82, 2.24) is 29.0 Å². The standard InChI is InChI=1S/C13H15N3O3.C12H15N3O4S.C10H10N2O2S.C2H6N2O/c1-8(16(19)13(14)18)12-7-10-5-3-4-6-11(10)15(12)9(2)17;1-8(14(17)12(13)16)11-7-9-5-3-4-6-10(9)15(11)20(2,18)19;11-10(13)12(14)6-8-3-1-2-7-4-5-15-9(7)8;1-4-2(3)5/h3-8,19H,1-2H3,(H2,14,18);3-8,17H,1-2H3,(H2,13,16);1-5,14H,6H2,(H2,11,13);1H3,(H3,3,4,5). The van der Waals surface area contributed by atoms with Crippen LogP contribution in [0.2, 0.25) is 0 Å². The van der Waals surface area contributed by atoms with Gasteiger partial charge >= 0.3 is 24.1 Å². The number of hydrogen-bond donors (Lipinski definition) is 8. The van der Waals surface area contributed by atoms with Gasteiger partial charge in [0.05, 0.1) is 47.3 Å². The second-order valence-electron chi connectivity index (χ2n) is 12.6. The van der Waals surface area contributed by atoms with Gasteiger partial charge in [0.1, 0.15) is 0 Å². The Morgan fingerprint density at radius 3 is 1.69 bits per heavy atom. The zero-order valence-corrected chi connectivity index (χ0v) is 34.2. The first-order valence-electron chi connectivity index (χ1n) is 17.3. The van der Waals surface area contributed by atoms with Crippen LogP contribution in [0, 0.1) is 0 Å². The van der Waals surface area contributed by atoms with Crippen molar-refractivity contribution in [2.24, 2.45) is 22.9 Å². The van der Waals surface area contributed by atoms with Gasteiger partial charge in [-0.1, -0.05) is 54.6 Å². The molecular weight excluding hydrogens is 809 g/mol. The van der Waals surface area contributed by atoms with Crippen molar-refractivity contribution in [3.05, 3.63) is 107 Å². The third-order valence-corrected chi connectivity index (χ3v) is 10.6. The fourth-order valence-corrected chi connectivity index (χ4v) is 7.72. The van der Waals surface area contributed by atoms with Crippen molar-refractivity contribution >= 4 is 83.3 Å². The Morgan fingerprint density at radius 2 is 1.20 bits per heavy atom. The molecule has 2 unspecified atom stereocenters. The number of nitrogens with one attached hydrogen (secondary N) is 1. The quantitative estimate of drug-likeness (QED) is 0.0796. The van der Waals surface area contributed by atoms with E-state index in [9.17, 15) is 48.0 Å². The van der Waals surface area contributed by atoms with Gasteiger partial charge in [-0.25, -0.2) is 36.6 Å². The molecule has 12 N–H and O–H groups in total. The highest BCUT2D eigenvalue weighted by Gasteiger charge is 2.26. The summed E-state index contributed by atoms with van der Waals surface area (Å²) in [4.78, 5) is 54.0. The monoisotopic (exact) mass is 854 g/mol. The average Bonchev–Trinajstić information content (AvgIpc) is 3.93. The molecule has 0 radical (unpaired) electrons. The van der Waals surface area contributed by atoms with Crippen LogP contribution >= 0.6 is 11.3 Å². The molecule has 0 aliphatic heterocycles. The minimum Gasteiger partial charge on any atom is -0.352 e. The van der Waals surface area contributed by atoms with E-state index >= 15 is 0 Å². The first-order valence-corrected chi connectivity index (χ1v) is 20.0. The third kappa shape index (κ3) is 11.7. The third-order valence-electron chi connectivity index (χ3n) is 8.50. The lowest BCUT2D eigenvalue weighted by molar-refractivity contribution is -0.0725.